The van der Waals surface area contributed by atoms with Crippen LogP contribution in [0.4, 0.5) is 0 Å². The molecule has 1 saturated heterocycles. The van der Waals surface area contributed by atoms with E-state index in [9.17, 15) is 0 Å². The van der Waals surface area contributed by atoms with Crippen LogP contribution in [0.1, 0.15) is 31.1 Å². The summed E-state index contributed by atoms with van der Waals surface area (Å²) < 4.78 is 7.92. The molecule has 90 valence electrons. The Balaban J connectivity index is 1.99. The number of hydrogen-bond acceptors (Lipinski definition) is 3. The maximum absolute atomic E-state index is 5.79. The lowest BCUT2D eigenvalue weighted by molar-refractivity contribution is -0.0295. The highest BCUT2D eigenvalue weighted by Gasteiger charge is 2.17. The molecule has 0 unspecified atom stereocenters. The molecule has 4 nitrogen and oxygen atoms in total. The molecule has 1 aliphatic heterocycles. The summed E-state index contributed by atoms with van der Waals surface area (Å²) in [6.07, 6.45) is 5.49. The van der Waals surface area contributed by atoms with Gasteiger partial charge in [0.05, 0.1) is 17.4 Å². The molecular weight excluding hydrogens is 214 g/mol. The second-order valence-electron chi connectivity index (χ2n) is 4.50. The smallest absolute Gasteiger partial charge is 0.135 e. The number of ether oxygens (including phenoxy) is 1. The predicted octanol–water partition coefficient (Wildman–Crippen LogP) is 2.19. The van der Waals surface area contributed by atoms with Crippen molar-refractivity contribution in [1.29, 1.82) is 0 Å². The Labute approximate surface area is 100 Å². The van der Waals surface area contributed by atoms with Crippen molar-refractivity contribution in [3.8, 4) is 0 Å². The van der Waals surface area contributed by atoms with Crippen LogP contribution >= 0.6 is 0 Å². The summed E-state index contributed by atoms with van der Waals surface area (Å²) >= 11 is 0. The third-order valence-corrected chi connectivity index (χ3v) is 3.34. The van der Waals surface area contributed by atoms with Crippen LogP contribution in [0.5, 0.6) is 0 Å². The Bertz CT molecular complexity index is 514. The summed E-state index contributed by atoms with van der Waals surface area (Å²) in [7, 11) is 0. The third kappa shape index (κ3) is 1.94. The molecule has 2 N–H and O–H groups in total. The fourth-order valence-electron chi connectivity index (χ4n) is 2.38. The molecule has 1 atom stereocenters. The van der Waals surface area contributed by atoms with Gasteiger partial charge in [-0.1, -0.05) is 6.07 Å². The molecule has 0 aliphatic carbocycles. The van der Waals surface area contributed by atoms with Crippen LogP contribution < -0.4 is 5.73 Å². The summed E-state index contributed by atoms with van der Waals surface area (Å²) in [6.45, 7) is 1.41. The Morgan fingerprint density at radius 1 is 1.41 bits per heavy atom. The first-order valence-electron chi connectivity index (χ1n) is 6.15. The van der Waals surface area contributed by atoms with Crippen molar-refractivity contribution in [2.75, 3.05) is 6.61 Å². The quantitative estimate of drug-likeness (QED) is 0.862. The van der Waals surface area contributed by atoms with Gasteiger partial charge in [0.25, 0.3) is 0 Å². The molecule has 1 fully saturated rings. The van der Waals surface area contributed by atoms with Crippen molar-refractivity contribution in [3.63, 3.8) is 0 Å². The van der Waals surface area contributed by atoms with Gasteiger partial charge >= 0.3 is 0 Å². The zero-order valence-corrected chi connectivity index (χ0v) is 9.80. The first kappa shape index (κ1) is 10.7. The molecule has 2 heterocycles. The summed E-state index contributed by atoms with van der Waals surface area (Å²) in [5, 5.41) is 0. The second-order valence-corrected chi connectivity index (χ2v) is 4.50. The van der Waals surface area contributed by atoms with E-state index in [1.165, 1.54) is 12.8 Å². The van der Waals surface area contributed by atoms with Gasteiger partial charge in [-0.3, -0.25) is 0 Å². The largest absolute Gasteiger partial charge is 0.358 e. The average molecular weight is 231 g/mol. The summed E-state index contributed by atoms with van der Waals surface area (Å²) in [5.74, 6) is 0. The fourth-order valence-corrected chi connectivity index (χ4v) is 2.38. The zero-order valence-electron chi connectivity index (χ0n) is 9.80. The normalized spacial score (nSPS) is 20.9. The lowest BCUT2D eigenvalue weighted by Gasteiger charge is -2.24. The molecule has 17 heavy (non-hydrogen) atoms. The number of hydrogen-bond donors (Lipinski definition) is 1. The minimum Gasteiger partial charge on any atom is -0.358 e. The van der Waals surface area contributed by atoms with E-state index in [1.54, 1.807) is 0 Å². The summed E-state index contributed by atoms with van der Waals surface area (Å²) in [4.78, 5) is 4.43. The standard InChI is InChI=1S/C13H17N3O/c14-8-10-4-5-12-11(7-10)15-9-16(12)13-3-1-2-6-17-13/h4-5,7,9,13H,1-3,6,8,14H2/t13-/m0/s1. The third-order valence-electron chi connectivity index (χ3n) is 3.34. The van der Waals surface area contributed by atoms with E-state index in [-0.39, 0.29) is 6.23 Å². The number of nitrogens with zero attached hydrogens (tertiary/aromatic N) is 2. The monoisotopic (exact) mass is 231 g/mol. The van der Waals surface area contributed by atoms with E-state index >= 15 is 0 Å². The molecule has 1 aromatic carbocycles. The van der Waals surface area contributed by atoms with Crippen LogP contribution in [0.15, 0.2) is 24.5 Å². The van der Waals surface area contributed by atoms with Crippen molar-refractivity contribution in [2.24, 2.45) is 5.73 Å². The molecule has 0 amide bonds. The first-order valence-corrected chi connectivity index (χ1v) is 6.15. The van der Waals surface area contributed by atoms with E-state index in [0.717, 1.165) is 29.6 Å². The molecule has 1 aromatic heterocycles. The average Bonchev–Trinajstić information content (AvgIpc) is 2.82. The van der Waals surface area contributed by atoms with Crippen LogP contribution in [0, 0.1) is 0 Å². The number of fused-ring (bicyclic) bond motifs is 1. The Morgan fingerprint density at radius 3 is 3.12 bits per heavy atom. The van der Waals surface area contributed by atoms with Crippen LogP contribution in [-0.4, -0.2) is 16.2 Å². The van der Waals surface area contributed by atoms with Gasteiger partial charge in [0.1, 0.15) is 6.23 Å². The molecular formula is C13H17N3O. The second kappa shape index (κ2) is 4.47. The fraction of sp³-hybridized carbons (Fsp3) is 0.462. The van der Waals surface area contributed by atoms with E-state index in [2.05, 4.69) is 27.8 Å². The molecule has 0 spiro atoms. The molecule has 0 saturated carbocycles. The van der Waals surface area contributed by atoms with E-state index < -0.39 is 0 Å². The number of aromatic nitrogens is 2. The number of benzene rings is 1. The van der Waals surface area contributed by atoms with Gasteiger partial charge in [0.2, 0.25) is 0 Å². The van der Waals surface area contributed by atoms with E-state index in [1.807, 2.05) is 6.33 Å². The van der Waals surface area contributed by atoms with Gasteiger partial charge in [0, 0.05) is 13.2 Å². The number of imidazole rings is 1. The molecule has 1 aliphatic rings. The number of rotatable bonds is 2. The maximum Gasteiger partial charge on any atom is 0.135 e. The van der Waals surface area contributed by atoms with Crippen molar-refractivity contribution in [2.45, 2.75) is 32.0 Å². The minimum atomic E-state index is 0.150. The van der Waals surface area contributed by atoms with Gasteiger partial charge < -0.3 is 15.0 Å². The molecule has 0 bridgehead atoms. The lowest BCUT2D eigenvalue weighted by Crippen LogP contribution is -2.17. The van der Waals surface area contributed by atoms with E-state index in [4.69, 9.17) is 10.5 Å². The van der Waals surface area contributed by atoms with Crippen molar-refractivity contribution in [1.82, 2.24) is 9.55 Å². The molecule has 3 rings (SSSR count). The van der Waals surface area contributed by atoms with Crippen LogP contribution in [0.2, 0.25) is 0 Å². The van der Waals surface area contributed by atoms with Gasteiger partial charge in [-0.25, -0.2) is 4.98 Å². The van der Waals surface area contributed by atoms with Crippen LogP contribution in [0.3, 0.4) is 0 Å². The number of nitrogens with two attached hydrogens (primary N) is 1. The molecule has 0 radical (unpaired) electrons. The summed E-state index contributed by atoms with van der Waals surface area (Å²) in [5.41, 5.74) is 8.88. The van der Waals surface area contributed by atoms with Crippen LogP contribution in [-0.2, 0) is 11.3 Å². The summed E-state index contributed by atoms with van der Waals surface area (Å²) in [6, 6.07) is 6.19. The highest BCUT2D eigenvalue weighted by Crippen LogP contribution is 2.26. The van der Waals surface area contributed by atoms with Crippen molar-refractivity contribution < 1.29 is 4.74 Å². The Hall–Kier alpha value is -1.39. The highest BCUT2D eigenvalue weighted by molar-refractivity contribution is 5.76. The van der Waals surface area contributed by atoms with Gasteiger partial charge in [-0.15, -0.1) is 0 Å². The highest BCUT2D eigenvalue weighted by atomic mass is 16.5. The first-order chi connectivity index (χ1) is 8.38. The van der Waals surface area contributed by atoms with Gasteiger partial charge in [-0.2, -0.15) is 0 Å². The minimum absolute atomic E-state index is 0.150. The Kier molecular flexibility index (Phi) is 2.82. The van der Waals surface area contributed by atoms with Gasteiger partial charge in [0.15, 0.2) is 0 Å². The van der Waals surface area contributed by atoms with Crippen molar-refractivity contribution in [3.05, 3.63) is 30.1 Å². The van der Waals surface area contributed by atoms with Crippen molar-refractivity contribution >= 4 is 11.0 Å². The predicted molar refractivity (Wildman–Crippen MR) is 66.5 cm³/mol. The zero-order chi connectivity index (χ0) is 11.7. The van der Waals surface area contributed by atoms with E-state index in [0.29, 0.717) is 6.54 Å². The molecule has 2 aromatic rings. The maximum atomic E-state index is 5.79. The van der Waals surface area contributed by atoms with Gasteiger partial charge in [-0.05, 0) is 37.0 Å². The topological polar surface area (TPSA) is 53.1 Å². The van der Waals surface area contributed by atoms with Crippen LogP contribution in [0.25, 0.3) is 11.0 Å². The molecule has 4 heteroatoms. The Morgan fingerprint density at radius 2 is 2.35 bits per heavy atom. The SMILES string of the molecule is NCc1ccc2c(c1)ncn2[C@@H]1CCCCO1. The lowest BCUT2D eigenvalue weighted by atomic mass is 10.1.